The molecule has 5 aliphatic rings. The molecule has 4 fully saturated rings. The summed E-state index contributed by atoms with van der Waals surface area (Å²) in [5.41, 5.74) is 2.65. The molecule has 22 heavy (non-hydrogen) atoms. The van der Waals surface area contributed by atoms with Crippen molar-refractivity contribution >= 4 is 0 Å². The first-order valence-corrected chi connectivity index (χ1v) is 9.29. The van der Waals surface area contributed by atoms with Gasteiger partial charge in [-0.3, -0.25) is 0 Å². The maximum absolute atomic E-state index is 10.7. The summed E-state index contributed by atoms with van der Waals surface area (Å²) >= 11 is 0. The van der Waals surface area contributed by atoms with E-state index >= 15 is 0 Å². The third-order valence-electron chi connectivity index (χ3n) is 8.73. The van der Waals surface area contributed by atoms with E-state index in [4.69, 9.17) is 4.74 Å². The van der Waals surface area contributed by atoms with Gasteiger partial charge >= 0.3 is 0 Å². The molecule has 2 heteroatoms. The number of aliphatic hydroxyl groups is 1. The summed E-state index contributed by atoms with van der Waals surface area (Å²) in [6.07, 6.45) is 10.4. The van der Waals surface area contributed by atoms with Crippen molar-refractivity contribution in [2.45, 2.75) is 84.5 Å². The van der Waals surface area contributed by atoms with Crippen LogP contribution in [0.1, 0.15) is 66.2 Å². The quantitative estimate of drug-likeness (QED) is 0.540. The molecule has 0 amide bonds. The van der Waals surface area contributed by atoms with Gasteiger partial charge in [0.25, 0.3) is 0 Å². The van der Waals surface area contributed by atoms with Crippen molar-refractivity contribution in [2.75, 3.05) is 0 Å². The molecule has 0 radical (unpaired) electrons. The number of hydrogen-bond acceptors (Lipinski definition) is 2. The Bertz CT molecular complexity index is 578. The second-order valence-electron chi connectivity index (χ2n) is 10.2. The Labute approximate surface area is 134 Å². The Morgan fingerprint density at radius 2 is 1.86 bits per heavy atom. The average Bonchev–Trinajstić information content (AvgIpc) is 3.10. The van der Waals surface area contributed by atoms with Crippen LogP contribution in [0.15, 0.2) is 11.6 Å². The van der Waals surface area contributed by atoms with Gasteiger partial charge in [0.1, 0.15) is 6.10 Å². The summed E-state index contributed by atoms with van der Waals surface area (Å²) in [7, 11) is 0. The number of rotatable bonds is 0. The highest BCUT2D eigenvalue weighted by atomic mass is 16.6. The number of ether oxygens (including phenoxy) is 1. The second-order valence-corrected chi connectivity index (χ2v) is 10.2. The van der Waals surface area contributed by atoms with Crippen molar-refractivity contribution in [3.05, 3.63) is 11.6 Å². The minimum atomic E-state index is -0.264. The smallest absolute Gasteiger partial charge is 0.106 e. The van der Waals surface area contributed by atoms with Crippen molar-refractivity contribution < 1.29 is 9.84 Å². The topological polar surface area (TPSA) is 32.8 Å². The molecule has 2 nitrogen and oxygen atoms in total. The predicted octanol–water partition coefficient (Wildman–Crippen LogP) is 4.08. The molecule has 1 aliphatic heterocycles. The molecule has 1 N–H and O–H groups in total. The molecule has 2 bridgehead atoms. The van der Waals surface area contributed by atoms with E-state index in [9.17, 15) is 5.11 Å². The maximum Gasteiger partial charge on any atom is 0.106 e. The largest absolute Gasteiger partial charge is 0.388 e. The molecule has 0 unspecified atom stereocenters. The predicted molar refractivity (Wildman–Crippen MR) is 86.4 cm³/mol. The zero-order valence-electron chi connectivity index (χ0n) is 14.5. The molecule has 1 heterocycles. The molecule has 1 spiro atoms. The van der Waals surface area contributed by atoms with Gasteiger partial charge < -0.3 is 9.84 Å². The molecular weight excluding hydrogens is 272 g/mol. The highest BCUT2D eigenvalue weighted by molar-refractivity contribution is 5.41. The van der Waals surface area contributed by atoms with E-state index in [0.29, 0.717) is 34.4 Å². The lowest BCUT2D eigenvalue weighted by Crippen LogP contribution is -2.59. The van der Waals surface area contributed by atoms with Crippen LogP contribution in [0.4, 0.5) is 0 Å². The molecule has 3 saturated carbocycles. The van der Waals surface area contributed by atoms with E-state index in [2.05, 4.69) is 33.8 Å². The van der Waals surface area contributed by atoms with E-state index < -0.39 is 0 Å². The molecule has 4 aliphatic carbocycles. The second kappa shape index (κ2) is 3.67. The van der Waals surface area contributed by atoms with Gasteiger partial charge in [-0.15, -0.1) is 0 Å². The van der Waals surface area contributed by atoms with E-state index in [1.165, 1.54) is 44.1 Å². The molecule has 1 saturated heterocycles. The summed E-state index contributed by atoms with van der Waals surface area (Å²) in [5, 5.41) is 10.7. The van der Waals surface area contributed by atoms with Crippen LogP contribution in [0.3, 0.4) is 0 Å². The van der Waals surface area contributed by atoms with E-state index in [-0.39, 0.29) is 11.5 Å². The molecule has 5 rings (SSSR count). The van der Waals surface area contributed by atoms with Crippen LogP contribution >= 0.6 is 0 Å². The van der Waals surface area contributed by atoms with E-state index in [0.717, 1.165) is 0 Å². The van der Waals surface area contributed by atoms with E-state index in [1.54, 1.807) is 0 Å². The summed E-state index contributed by atoms with van der Waals surface area (Å²) in [6.45, 7) is 9.84. The van der Waals surface area contributed by atoms with Gasteiger partial charge in [-0.1, -0.05) is 40.2 Å². The van der Waals surface area contributed by atoms with Gasteiger partial charge in [-0.2, -0.15) is 0 Å². The summed E-state index contributed by atoms with van der Waals surface area (Å²) in [4.78, 5) is 0. The Hall–Kier alpha value is -0.340. The Morgan fingerprint density at radius 1 is 1.09 bits per heavy atom. The average molecular weight is 302 g/mol. The lowest BCUT2D eigenvalue weighted by molar-refractivity contribution is -0.106. The Morgan fingerprint density at radius 3 is 2.64 bits per heavy atom. The molecule has 0 aromatic heterocycles. The molecule has 0 aromatic carbocycles. The zero-order chi connectivity index (χ0) is 15.5. The van der Waals surface area contributed by atoms with Crippen LogP contribution in [0, 0.1) is 27.6 Å². The molecule has 7 atom stereocenters. The summed E-state index contributed by atoms with van der Waals surface area (Å²) in [5.74, 6) is 0.688. The van der Waals surface area contributed by atoms with Crippen molar-refractivity contribution in [3.8, 4) is 0 Å². The number of fused-ring (bicyclic) bond motifs is 5. The van der Waals surface area contributed by atoms with Crippen molar-refractivity contribution in [1.82, 2.24) is 0 Å². The van der Waals surface area contributed by atoms with Crippen LogP contribution in [-0.4, -0.2) is 23.4 Å². The van der Waals surface area contributed by atoms with Crippen LogP contribution in [0.5, 0.6) is 0 Å². The van der Waals surface area contributed by atoms with Gasteiger partial charge in [0.2, 0.25) is 0 Å². The Kier molecular flexibility index (Phi) is 2.34. The number of aliphatic hydroxyl groups excluding tert-OH is 1. The van der Waals surface area contributed by atoms with Crippen LogP contribution in [0.2, 0.25) is 0 Å². The number of hydrogen-bond donors (Lipinski definition) is 1. The summed E-state index contributed by atoms with van der Waals surface area (Å²) in [6, 6.07) is 0. The highest BCUT2D eigenvalue weighted by Crippen LogP contribution is 2.77. The SMILES string of the molecule is CC1(C)CCC[C@@]2(C)[C@H]1[C@H]1O[C@H]1C1=C[C@@H](O)[C@]3(C)CC[C@]12C3. The molecule has 122 valence electrons. The molecular formula is C20H30O2. The minimum Gasteiger partial charge on any atom is -0.388 e. The van der Waals surface area contributed by atoms with Gasteiger partial charge in [-0.25, -0.2) is 0 Å². The van der Waals surface area contributed by atoms with Crippen LogP contribution in [-0.2, 0) is 4.74 Å². The lowest BCUT2D eigenvalue weighted by Gasteiger charge is -2.63. The Balaban J connectivity index is 1.72. The monoisotopic (exact) mass is 302 g/mol. The van der Waals surface area contributed by atoms with Crippen LogP contribution < -0.4 is 0 Å². The van der Waals surface area contributed by atoms with Gasteiger partial charge in [0, 0.05) is 5.41 Å². The normalized spacial score (nSPS) is 60.9. The fourth-order valence-corrected chi connectivity index (χ4v) is 7.64. The zero-order valence-corrected chi connectivity index (χ0v) is 14.5. The summed E-state index contributed by atoms with van der Waals surface area (Å²) < 4.78 is 6.26. The lowest BCUT2D eigenvalue weighted by atomic mass is 9.40. The minimum absolute atomic E-state index is 0.0976. The first-order chi connectivity index (χ1) is 10.2. The molecule has 0 aromatic rings. The van der Waals surface area contributed by atoms with Gasteiger partial charge in [0.15, 0.2) is 0 Å². The van der Waals surface area contributed by atoms with Crippen molar-refractivity contribution in [1.29, 1.82) is 0 Å². The first-order valence-electron chi connectivity index (χ1n) is 9.29. The standard InChI is InChI=1S/C20H30O2/c1-17(2)6-5-7-19(4)16(17)15-14(22-15)12-10-13(21)18(3)8-9-20(12,19)11-18/h10,13-16,21H,5-9,11H2,1-4H3/t13-,14+,15+,16+,18-,19+,20+/m1/s1. The first kappa shape index (κ1) is 14.0. The van der Waals surface area contributed by atoms with Crippen molar-refractivity contribution in [3.63, 3.8) is 0 Å². The van der Waals surface area contributed by atoms with Gasteiger partial charge in [0.05, 0.1) is 12.2 Å². The highest BCUT2D eigenvalue weighted by Gasteiger charge is 2.75. The van der Waals surface area contributed by atoms with Gasteiger partial charge in [-0.05, 0) is 59.8 Å². The third-order valence-corrected chi connectivity index (χ3v) is 8.73. The fraction of sp³-hybridized carbons (Fsp3) is 0.900. The maximum atomic E-state index is 10.7. The fourth-order valence-electron chi connectivity index (χ4n) is 7.64. The third kappa shape index (κ3) is 1.33. The van der Waals surface area contributed by atoms with Crippen molar-refractivity contribution in [2.24, 2.45) is 27.6 Å². The number of epoxide rings is 1. The van der Waals surface area contributed by atoms with E-state index in [1.807, 2.05) is 0 Å². The van der Waals surface area contributed by atoms with Crippen LogP contribution in [0.25, 0.3) is 0 Å².